The highest BCUT2D eigenvalue weighted by Gasteiger charge is 2.13. The summed E-state index contributed by atoms with van der Waals surface area (Å²) in [5.41, 5.74) is 0. The summed E-state index contributed by atoms with van der Waals surface area (Å²) in [5.74, 6) is 0. The molecule has 0 radical (unpaired) electrons. The van der Waals surface area contributed by atoms with Crippen LogP contribution in [0.1, 0.15) is 0 Å². The van der Waals surface area contributed by atoms with Crippen molar-refractivity contribution < 1.29 is 8.42 Å². The Bertz CT molecular complexity index is 471. The second-order valence-corrected chi connectivity index (χ2v) is 6.60. The average molecular weight is 355 g/mol. The van der Waals surface area contributed by atoms with Crippen molar-refractivity contribution in [2.75, 3.05) is 6.54 Å². The lowest BCUT2D eigenvalue weighted by molar-refractivity contribution is 0.585. The minimum Gasteiger partial charge on any atom is -0.207 e. The van der Waals surface area contributed by atoms with Gasteiger partial charge in [-0.25, -0.2) is 13.1 Å². The van der Waals surface area contributed by atoms with E-state index < -0.39 is 10.0 Å². The van der Waals surface area contributed by atoms with Crippen molar-refractivity contribution in [2.24, 2.45) is 0 Å². The predicted molar refractivity (Wildman–Crippen MR) is 67.4 cm³/mol. The van der Waals surface area contributed by atoms with Crippen LogP contribution in [0.4, 0.5) is 0 Å². The number of benzene rings is 1. The molecule has 82 valence electrons. The Labute approximate surface area is 106 Å². The molecule has 0 amide bonds. The third-order valence-electron chi connectivity index (χ3n) is 1.56. The molecule has 0 saturated heterocycles. The molecule has 0 bridgehead atoms. The van der Waals surface area contributed by atoms with Gasteiger partial charge in [0, 0.05) is 15.5 Å². The lowest BCUT2D eigenvalue weighted by Crippen LogP contribution is -2.24. The number of hydrogen-bond acceptors (Lipinski definition) is 2. The quantitative estimate of drug-likeness (QED) is 0.903. The van der Waals surface area contributed by atoms with Gasteiger partial charge in [0.1, 0.15) is 0 Å². The summed E-state index contributed by atoms with van der Waals surface area (Å²) in [7, 11) is -3.45. The van der Waals surface area contributed by atoms with E-state index in [4.69, 9.17) is 0 Å². The summed E-state index contributed by atoms with van der Waals surface area (Å²) in [6.45, 7) is 3.73. The van der Waals surface area contributed by atoms with E-state index in [0.717, 1.165) is 4.47 Å². The highest BCUT2D eigenvalue weighted by atomic mass is 79.9. The fraction of sp³-hybridized carbons (Fsp3) is 0.111. The van der Waals surface area contributed by atoms with Crippen LogP contribution in [0.3, 0.4) is 0 Å². The van der Waals surface area contributed by atoms with E-state index in [2.05, 4.69) is 43.2 Å². The largest absolute Gasteiger partial charge is 0.240 e. The van der Waals surface area contributed by atoms with Crippen molar-refractivity contribution in [1.82, 2.24) is 4.72 Å². The summed E-state index contributed by atoms with van der Waals surface area (Å²) in [6.07, 6.45) is 0. The van der Waals surface area contributed by atoms with Crippen molar-refractivity contribution in [3.8, 4) is 0 Å². The van der Waals surface area contributed by atoms with E-state index in [1.54, 1.807) is 18.2 Å². The predicted octanol–water partition coefficient (Wildman–Crippen LogP) is 2.64. The molecule has 1 aromatic rings. The Kier molecular flexibility index (Phi) is 4.51. The molecule has 1 aromatic carbocycles. The van der Waals surface area contributed by atoms with Gasteiger partial charge in [0.2, 0.25) is 10.0 Å². The fourth-order valence-electron chi connectivity index (χ4n) is 0.891. The van der Waals surface area contributed by atoms with Gasteiger partial charge in [-0.15, -0.1) is 0 Å². The maximum absolute atomic E-state index is 11.7. The molecule has 0 aliphatic carbocycles. The molecule has 0 spiro atoms. The molecule has 0 aliphatic rings. The Hall–Kier alpha value is -0.170. The topological polar surface area (TPSA) is 46.2 Å². The molecule has 0 heterocycles. The lowest BCUT2D eigenvalue weighted by Gasteiger charge is -2.05. The highest BCUT2D eigenvalue weighted by Crippen LogP contribution is 2.16. The maximum atomic E-state index is 11.7. The Morgan fingerprint density at radius 3 is 2.67 bits per heavy atom. The first-order valence-corrected chi connectivity index (χ1v) is 7.07. The van der Waals surface area contributed by atoms with Crippen molar-refractivity contribution >= 4 is 41.9 Å². The molecule has 0 aliphatic heterocycles. The zero-order valence-electron chi connectivity index (χ0n) is 7.70. The molecule has 0 saturated carbocycles. The molecule has 0 atom stereocenters. The molecule has 0 unspecified atom stereocenters. The van der Waals surface area contributed by atoms with E-state index in [1.165, 1.54) is 6.07 Å². The second kappa shape index (κ2) is 5.25. The standard InChI is InChI=1S/C9H9Br2NO2S/c1-7(10)6-12-15(13,14)9-4-2-3-8(11)5-9/h2-5,12H,1,6H2. The van der Waals surface area contributed by atoms with Gasteiger partial charge in [0.05, 0.1) is 4.90 Å². The first kappa shape index (κ1) is 12.9. The third-order valence-corrected chi connectivity index (χ3v) is 3.73. The van der Waals surface area contributed by atoms with E-state index in [-0.39, 0.29) is 11.4 Å². The molecule has 0 aromatic heterocycles. The van der Waals surface area contributed by atoms with E-state index in [1.807, 2.05) is 0 Å². The lowest BCUT2D eigenvalue weighted by atomic mass is 10.4. The van der Waals surface area contributed by atoms with Crippen LogP contribution in [0.25, 0.3) is 0 Å². The zero-order valence-corrected chi connectivity index (χ0v) is 11.7. The van der Waals surface area contributed by atoms with Gasteiger partial charge < -0.3 is 0 Å². The zero-order chi connectivity index (χ0) is 11.5. The normalized spacial score (nSPS) is 11.3. The summed E-state index contributed by atoms with van der Waals surface area (Å²) >= 11 is 6.30. The van der Waals surface area contributed by atoms with Gasteiger partial charge in [-0.05, 0) is 18.2 Å². The number of nitrogens with one attached hydrogen (secondary N) is 1. The van der Waals surface area contributed by atoms with Gasteiger partial charge in [-0.1, -0.05) is 44.5 Å². The maximum Gasteiger partial charge on any atom is 0.240 e. The first-order valence-electron chi connectivity index (χ1n) is 4.00. The average Bonchev–Trinajstić information content (AvgIpc) is 2.15. The minimum atomic E-state index is -3.45. The summed E-state index contributed by atoms with van der Waals surface area (Å²) in [6, 6.07) is 6.51. The number of halogens is 2. The molecule has 1 N–H and O–H groups in total. The van der Waals surface area contributed by atoms with Gasteiger partial charge >= 0.3 is 0 Å². The Morgan fingerprint density at radius 1 is 1.47 bits per heavy atom. The molecular formula is C9H9Br2NO2S. The van der Waals surface area contributed by atoms with Crippen LogP contribution in [0.15, 0.2) is 44.7 Å². The highest BCUT2D eigenvalue weighted by molar-refractivity contribution is 9.11. The third kappa shape index (κ3) is 4.06. The molecule has 3 nitrogen and oxygen atoms in total. The fourth-order valence-corrected chi connectivity index (χ4v) is 2.84. The van der Waals surface area contributed by atoms with Gasteiger partial charge in [0.25, 0.3) is 0 Å². The summed E-state index contributed by atoms with van der Waals surface area (Å²) in [4.78, 5) is 0.227. The molecule has 15 heavy (non-hydrogen) atoms. The van der Waals surface area contributed by atoms with Crippen LogP contribution >= 0.6 is 31.9 Å². The number of rotatable bonds is 4. The number of sulfonamides is 1. The van der Waals surface area contributed by atoms with E-state index in [9.17, 15) is 8.42 Å². The van der Waals surface area contributed by atoms with Crippen LogP contribution in [0, 0.1) is 0 Å². The SMILES string of the molecule is C=C(Br)CNS(=O)(=O)c1cccc(Br)c1. The molecular weight excluding hydrogens is 346 g/mol. The van der Waals surface area contributed by atoms with Crippen molar-refractivity contribution in [3.05, 3.63) is 39.8 Å². The van der Waals surface area contributed by atoms with Gasteiger partial charge in [-0.3, -0.25) is 0 Å². The van der Waals surface area contributed by atoms with Crippen molar-refractivity contribution in [1.29, 1.82) is 0 Å². The number of hydrogen-bond donors (Lipinski definition) is 1. The van der Waals surface area contributed by atoms with Crippen molar-refractivity contribution in [2.45, 2.75) is 4.90 Å². The molecule has 6 heteroatoms. The van der Waals surface area contributed by atoms with Crippen molar-refractivity contribution in [3.63, 3.8) is 0 Å². The molecule has 0 fully saturated rings. The van der Waals surface area contributed by atoms with E-state index >= 15 is 0 Å². The second-order valence-electron chi connectivity index (χ2n) is 2.80. The Balaban J connectivity index is 2.91. The van der Waals surface area contributed by atoms with Crippen LogP contribution in [0.2, 0.25) is 0 Å². The first-order chi connectivity index (χ1) is 6.92. The van der Waals surface area contributed by atoms with Gasteiger partial charge in [-0.2, -0.15) is 0 Å². The van der Waals surface area contributed by atoms with Crippen LogP contribution in [-0.4, -0.2) is 15.0 Å². The van der Waals surface area contributed by atoms with Crippen LogP contribution in [0.5, 0.6) is 0 Å². The molecule has 1 rings (SSSR count). The summed E-state index contributed by atoms with van der Waals surface area (Å²) in [5, 5.41) is 0. The monoisotopic (exact) mass is 353 g/mol. The minimum absolute atomic E-state index is 0.175. The van der Waals surface area contributed by atoms with Crippen LogP contribution in [-0.2, 0) is 10.0 Å². The van der Waals surface area contributed by atoms with Crippen LogP contribution < -0.4 is 4.72 Å². The smallest absolute Gasteiger partial charge is 0.207 e. The summed E-state index contributed by atoms with van der Waals surface area (Å²) < 4.78 is 27.1. The van der Waals surface area contributed by atoms with Gasteiger partial charge in [0.15, 0.2) is 0 Å². The Morgan fingerprint density at radius 2 is 2.13 bits per heavy atom. The van der Waals surface area contributed by atoms with E-state index in [0.29, 0.717) is 4.48 Å².